The highest BCUT2D eigenvalue weighted by Gasteiger charge is 2.17. The number of benzene rings is 2. The number of aliphatic hydroxyl groups is 1. The molecule has 5 nitrogen and oxygen atoms in total. The average molecular weight is 328 g/mol. The molecule has 1 amide bonds. The van der Waals surface area contributed by atoms with Crippen molar-refractivity contribution in [3.05, 3.63) is 54.1 Å². The minimum absolute atomic E-state index is 0.0444. The molecule has 0 spiro atoms. The van der Waals surface area contributed by atoms with Gasteiger partial charge in [-0.3, -0.25) is 4.79 Å². The number of nitrogens with zero attached hydrogens (tertiary/aromatic N) is 1. The molecule has 5 heteroatoms. The molecule has 24 heavy (non-hydrogen) atoms. The van der Waals surface area contributed by atoms with Gasteiger partial charge in [-0.15, -0.1) is 0 Å². The van der Waals surface area contributed by atoms with Gasteiger partial charge in [-0.25, -0.2) is 0 Å². The number of hydrogen-bond donors (Lipinski definition) is 2. The largest absolute Gasteiger partial charge is 0.497 e. The van der Waals surface area contributed by atoms with Gasteiger partial charge in [-0.05, 0) is 30.7 Å². The summed E-state index contributed by atoms with van der Waals surface area (Å²) in [6.07, 6.45) is 0.844. The normalized spacial score (nSPS) is 10.3. The Labute approximate surface area is 142 Å². The predicted molar refractivity (Wildman–Crippen MR) is 96.0 cm³/mol. The van der Waals surface area contributed by atoms with Crippen LogP contribution in [0.1, 0.15) is 23.7 Å². The van der Waals surface area contributed by atoms with E-state index >= 15 is 0 Å². The second kappa shape index (κ2) is 8.93. The summed E-state index contributed by atoms with van der Waals surface area (Å²) < 4.78 is 5.23. The number of aliphatic hydroxyl groups excluding tert-OH is 1. The van der Waals surface area contributed by atoms with Gasteiger partial charge in [0.05, 0.1) is 25.0 Å². The third kappa shape index (κ3) is 4.49. The van der Waals surface area contributed by atoms with E-state index in [0.29, 0.717) is 18.7 Å². The van der Waals surface area contributed by atoms with Gasteiger partial charge in [-0.1, -0.05) is 25.1 Å². The van der Waals surface area contributed by atoms with E-state index in [2.05, 4.69) is 5.32 Å². The molecule has 0 bridgehead atoms. The van der Waals surface area contributed by atoms with Crippen molar-refractivity contribution in [2.45, 2.75) is 13.3 Å². The van der Waals surface area contributed by atoms with E-state index in [4.69, 9.17) is 4.74 Å². The third-order valence-electron chi connectivity index (χ3n) is 3.66. The van der Waals surface area contributed by atoms with Crippen molar-refractivity contribution in [3.8, 4) is 5.75 Å². The maximum absolute atomic E-state index is 12.8. The van der Waals surface area contributed by atoms with E-state index < -0.39 is 0 Å². The lowest BCUT2D eigenvalue weighted by Gasteiger charge is -2.22. The Bertz CT molecular complexity index is 667. The molecule has 0 aliphatic carbocycles. The first-order valence-electron chi connectivity index (χ1n) is 8.09. The summed E-state index contributed by atoms with van der Waals surface area (Å²) in [5.74, 6) is 0.661. The SMILES string of the molecule is CCCN(CCO)C(=O)c1ccccc1Nc1cccc(OC)c1. The number of para-hydroxylation sites is 1. The van der Waals surface area contributed by atoms with Crippen molar-refractivity contribution in [1.82, 2.24) is 4.90 Å². The maximum Gasteiger partial charge on any atom is 0.256 e. The third-order valence-corrected chi connectivity index (χ3v) is 3.66. The summed E-state index contributed by atoms with van der Waals surface area (Å²) in [6, 6.07) is 14.9. The average Bonchev–Trinajstić information content (AvgIpc) is 2.61. The predicted octanol–water partition coefficient (Wildman–Crippen LogP) is 3.28. The Morgan fingerprint density at radius 1 is 1.17 bits per heavy atom. The molecule has 0 heterocycles. The lowest BCUT2D eigenvalue weighted by molar-refractivity contribution is 0.0723. The van der Waals surface area contributed by atoms with E-state index in [0.717, 1.165) is 23.5 Å². The van der Waals surface area contributed by atoms with Crippen LogP contribution in [0.2, 0.25) is 0 Å². The summed E-state index contributed by atoms with van der Waals surface area (Å²) in [7, 11) is 1.62. The van der Waals surface area contributed by atoms with Crippen LogP contribution in [0.3, 0.4) is 0 Å². The van der Waals surface area contributed by atoms with Crippen molar-refractivity contribution in [2.24, 2.45) is 0 Å². The molecule has 0 aliphatic heterocycles. The molecular weight excluding hydrogens is 304 g/mol. The van der Waals surface area contributed by atoms with Gasteiger partial charge in [-0.2, -0.15) is 0 Å². The molecule has 0 saturated carbocycles. The molecule has 2 aromatic rings. The number of anilines is 2. The zero-order valence-corrected chi connectivity index (χ0v) is 14.2. The van der Waals surface area contributed by atoms with E-state index in [1.165, 1.54) is 0 Å². The Hall–Kier alpha value is -2.53. The number of rotatable bonds is 8. The molecule has 2 N–H and O–H groups in total. The summed E-state index contributed by atoms with van der Waals surface area (Å²) in [4.78, 5) is 14.5. The molecular formula is C19H24N2O3. The number of hydrogen-bond acceptors (Lipinski definition) is 4. The molecule has 128 valence electrons. The van der Waals surface area contributed by atoms with Crippen molar-refractivity contribution < 1.29 is 14.6 Å². The van der Waals surface area contributed by atoms with Crippen molar-refractivity contribution in [3.63, 3.8) is 0 Å². The lowest BCUT2D eigenvalue weighted by Crippen LogP contribution is -2.34. The van der Waals surface area contributed by atoms with Crippen LogP contribution < -0.4 is 10.1 Å². The molecule has 0 aromatic heterocycles. The zero-order chi connectivity index (χ0) is 17.4. The Morgan fingerprint density at radius 3 is 2.67 bits per heavy atom. The molecule has 0 fully saturated rings. The van der Waals surface area contributed by atoms with Crippen LogP contribution >= 0.6 is 0 Å². The summed E-state index contributed by atoms with van der Waals surface area (Å²) in [6.45, 7) is 2.92. The fourth-order valence-electron chi connectivity index (χ4n) is 2.51. The fraction of sp³-hybridized carbons (Fsp3) is 0.316. The smallest absolute Gasteiger partial charge is 0.256 e. The zero-order valence-electron chi connectivity index (χ0n) is 14.2. The van der Waals surface area contributed by atoms with Crippen LogP contribution in [0.25, 0.3) is 0 Å². The van der Waals surface area contributed by atoms with E-state index in [1.807, 2.05) is 49.4 Å². The molecule has 0 aliphatic rings. The van der Waals surface area contributed by atoms with Gasteiger partial charge in [0.1, 0.15) is 5.75 Å². The van der Waals surface area contributed by atoms with Crippen LogP contribution in [0.5, 0.6) is 5.75 Å². The summed E-state index contributed by atoms with van der Waals surface area (Å²) >= 11 is 0. The molecule has 0 atom stereocenters. The quantitative estimate of drug-likeness (QED) is 0.780. The van der Waals surface area contributed by atoms with Gasteiger partial charge >= 0.3 is 0 Å². The first-order chi connectivity index (χ1) is 11.7. The second-order valence-corrected chi connectivity index (χ2v) is 5.42. The van der Waals surface area contributed by atoms with Gasteiger partial charge in [0.25, 0.3) is 5.91 Å². The van der Waals surface area contributed by atoms with Crippen LogP contribution in [-0.2, 0) is 0 Å². The number of methoxy groups -OCH3 is 1. The first kappa shape index (κ1) is 17.8. The molecule has 0 radical (unpaired) electrons. The summed E-state index contributed by atoms with van der Waals surface area (Å²) in [5, 5.41) is 12.5. The lowest BCUT2D eigenvalue weighted by atomic mass is 10.1. The fourth-order valence-corrected chi connectivity index (χ4v) is 2.51. The van der Waals surface area contributed by atoms with Crippen molar-refractivity contribution in [2.75, 3.05) is 32.1 Å². The minimum atomic E-state index is -0.0862. The Kier molecular flexibility index (Phi) is 6.63. The van der Waals surface area contributed by atoms with E-state index in [-0.39, 0.29) is 12.5 Å². The number of carbonyl (C=O) groups excluding carboxylic acids is 1. The van der Waals surface area contributed by atoms with Crippen LogP contribution in [0.4, 0.5) is 11.4 Å². The maximum atomic E-state index is 12.8. The molecule has 0 unspecified atom stereocenters. The Morgan fingerprint density at radius 2 is 1.96 bits per heavy atom. The van der Waals surface area contributed by atoms with E-state index in [1.54, 1.807) is 18.1 Å². The van der Waals surface area contributed by atoms with E-state index in [9.17, 15) is 9.90 Å². The highest BCUT2D eigenvalue weighted by Crippen LogP contribution is 2.24. The Balaban J connectivity index is 2.27. The topological polar surface area (TPSA) is 61.8 Å². The minimum Gasteiger partial charge on any atom is -0.497 e. The second-order valence-electron chi connectivity index (χ2n) is 5.42. The molecule has 2 rings (SSSR count). The standard InChI is InChI=1S/C19H24N2O3/c1-3-11-21(12-13-22)19(23)17-9-4-5-10-18(17)20-15-7-6-8-16(14-15)24-2/h4-10,14,20,22H,3,11-13H2,1-2H3. The highest BCUT2D eigenvalue weighted by atomic mass is 16.5. The number of ether oxygens (including phenoxy) is 1. The van der Waals surface area contributed by atoms with Gasteiger partial charge in [0.2, 0.25) is 0 Å². The highest BCUT2D eigenvalue weighted by molar-refractivity contribution is 6.00. The first-order valence-corrected chi connectivity index (χ1v) is 8.09. The van der Waals surface area contributed by atoms with Gasteiger partial charge in [0, 0.05) is 24.8 Å². The monoisotopic (exact) mass is 328 g/mol. The molecule has 0 saturated heterocycles. The van der Waals surface area contributed by atoms with Crippen LogP contribution in [0, 0.1) is 0 Å². The van der Waals surface area contributed by atoms with Gasteiger partial charge in [0.15, 0.2) is 0 Å². The van der Waals surface area contributed by atoms with Crippen LogP contribution in [-0.4, -0.2) is 42.7 Å². The van der Waals surface area contributed by atoms with Gasteiger partial charge < -0.3 is 20.1 Å². The van der Waals surface area contributed by atoms with Crippen LogP contribution in [0.15, 0.2) is 48.5 Å². The summed E-state index contributed by atoms with van der Waals surface area (Å²) in [5.41, 5.74) is 2.16. The van der Waals surface area contributed by atoms with Crippen molar-refractivity contribution >= 4 is 17.3 Å². The molecule has 2 aromatic carbocycles. The number of carbonyl (C=O) groups is 1. The van der Waals surface area contributed by atoms with Crippen molar-refractivity contribution in [1.29, 1.82) is 0 Å². The number of amides is 1. The number of nitrogens with one attached hydrogen (secondary N) is 1.